The van der Waals surface area contributed by atoms with E-state index in [1.165, 1.54) is 13.2 Å². The molecule has 1 aliphatic heterocycles. The van der Waals surface area contributed by atoms with E-state index in [0.29, 0.717) is 16.8 Å². The van der Waals surface area contributed by atoms with Crippen LogP contribution in [0.3, 0.4) is 0 Å². The minimum Gasteiger partial charge on any atom is -0.422 e. The molecule has 0 amide bonds. The highest BCUT2D eigenvalue weighted by Crippen LogP contribution is 2.50. The van der Waals surface area contributed by atoms with E-state index in [9.17, 15) is 21.6 Å². The van der Waals surface area contributed by atoms with Gasteiger partial charge in [-0.15, -0.1) is 0 Å². The first-order valence-electron chi connectivity index (χ1n) is 10.6. The number of aromatic nitrogens is 1. The molecule has 1 aromatic carbocycles. The number of benzene rings is 1. The first-order chi connectivity index (χ1) is 15.4. The number of nitrogens with zero attached hydrogens (tertiary/aromatic N) is 2. The molecule has 0 unspecified atom stereocenters. The summed E-state index contributed by atoms with van der Waals surface area (Å²) < 4.78 is 58.0. The van der Waals surface area contributed by atoms with Gasteiger partial charge in [-0.05, 0) is 59.2 Å². The molecule has 0 spiro atoms. The van der Waals surface area contributed by atoms with Gasteiger partial charge in [-0.2, -0.15) is 0 Å². The number of rotatable bonds is 4. The van der Waals surface area contributed by atoms with Crippen LogP contribution in [-0.2, 0) is 34.1 Å². The molecule has 10 heteroatoms. The second kappa shape index (κ2) is 8.20. The van der Waals surface area contributed by atoms with Gasteiger partial charge in [0.1, 0.15) is 10.6 Å². The molecule has 34 heavy (non-hydrogen) atoms. The summed E-state index contributed by atoms with van der Waals surface area (Å²) >= 11 is 0. The Morgan fingerprint density at radius 2 is 1.74 bits per heavy atom. The Kier molecular flexibility index (Phi) is 6.24. The Hall–Kier alpha value is -2.72. The number of hydrogen-bond donors (Lipinski definition) is 0. The van der Waals surface area contributed by atoms with Crippen molar-refractivity contribution in [3.63, 3.8) is 0 Å². The van der Waals surface area contributed by atoms with Crippen molar-refractivity contribution in [2.45, 2.75) is 46.3 Å². The van der Waals surface area contributed by atoms with Crippen molar-refractivity contribution >= 4 is 42.2 Å². The number of sulfonamides is 1. The van der Waals surface area contributed by atoms with E-state index in [2.05, 4.69) is 4.98 Å². The number of esters is 1. The molecular formula is C24H30N2O6S2. The second-order valence-corrected chi connectivity index (χ2v) is 14.3. The quantitative estimate of drug-likeness (QED) is 0.579. The van der Waals surface area contributed by atoms with Gasteiger partial charge in [0.05, 0.1) is 22.1 Å². The average Bonchev–Trinajstić information content (AvgIpc) is 2.71. The van der Waals surface area contributed by atoms with E-state index < -0.39 is 36.0 Å². The minimum absolute atomic E-state index is 0.155. The lowest BCUT2D eigenvalue weighted by atomic mass is 9.95. The van der Waals surface area contributed by atoms with Gasteiger partial charge in [0.25, 0.3) is 0 Å². The van der Waals surface area contributed by atoms with E-state index in [-0.39, 0.29) is 21.9 Å². The van der Waals surface area contributed by atoms with Crippen molar-refractivity contribution in [3.05, 3.63) is 58.9 Å². The summed E-state index contributed by atoms with van der Waals surface area (Å²) in [6, 6.07) is 8.04. The Labute approximate surface area is 201 Å². The molecular weight excluding hydrogens is 476 g/mol. The first kappa shape index (κ1) is 25.9. The van der Waals surface area contributed by atoms with Crippen LogP contribution in [0.15, 0.2) is 36.5 Å². The van der Waals surface area contributed by atoms with Crippen molar-refractivity contribution in [2.24, 2.45) is 5.41 Å². The zero-order valence-corrected chi connectivity index (χ0v) is 22.3. The maximum absolute atomic E-state index is 14.1. The normalized spacial score (nSPS) is 17.2. The second-order valence-electron chi connectivity index (χ2n) is 9.89. The topological polar surface area (TPSA) is 111 Å². The molecule has 1 aromatic heterocycles. The third-order valence-corrected chi connectivity index (χ3v) is 9.71. The molecule has 0 fully saturated rings. The van der Waals surface area contributed by atoms with Gasteiger partial charge >= 0.3 is 5.97 Å². The number of ether oxygens (including phenoxy) is 1. The van der Waals surface area contributed by atoms with Crippen LogP contribution in [0.4, 0.5) is 5.69 Å². The average molecular weight is 507 g/mol. The molecule has 0 saturated carbocycles. The van der Waals surface area contributed by atoms with E-state index in [1.807, 2.05) is 0 Å². The predicted molar refractivity (Wildman–Crippen MR) is 133 cm³/mol. The highest BCUT2D eigenvalue weighted by Gasteiger charge is 2.49. The zero-order chi connectivity index (χ0) is 25.9. The number of hydrogen-bond acceptors (Lipinski definition) is 7. The minimum atomic E-state index is -4.11. The molecule has 1 aliphatic rings. The van der Waals surface area contributed by atoms with Gasteiger partial charge in [-0.25, -0.2) is 16.8 Å². The van der Waals surface area contributed by atoms with Crippen LogP contribution in [-0.4, -0.2) is 41.1 Å². The monoisotopic (exact) mass is 506 g/mol. The number of anilines is 1. The van der Waals surface area contributed by atoms with Crippen molar-refractivity contribution in [3.8, 4) is 0 Å². The van der Waals surface area contributed by atoms with Crippen molar-refractivity contribution in [2.75, 3.05) is 17.6 Å². The van der Waals surface area contributed by atoms with Gasteiger partial charge in [0.2, 0.25) is 10.0 Å². The molecule has 0 saturated heterocycles. The molecule has 0 radical (unpaired) electrons. The fourth-order valence-electron chi connectivity index (χ4n) is 3.70. The van der Waals surface area contributed by atoms with Gasteiger partial charge in [-0.3, -0.25) is 14.1 Å². The van der Waals surface area contributed by atoms with Crippen LogP contribution in [0.25, 0.3) is 10.7 Å². The molecule has 0 atom stereocenters. The highest BCUT2D eigenvalue weighted by molar-refractivity contribution is 8.01. The molecule has 0 aliphatic carbocycles. The summed E-state index contributed by atoms with van der Waals surface area (Å²) in [5.74, 6) is -0.773. The molecule has 0 N–H and O–H groups in total. The van der Waals surface area contributed by atoms with Crippen LogP contribution in [0.1, 0.15) is 57.0 Å². The Bertz CT molecular complexity index is 1420. The van der Waals surface area contributed by atoms with Crippen molar-refractivity contribution in [1.82, 2.24) is 4.98 Å². The first-order valence-corrected chi connectivity index (χ1v) is 14.0. The Balaban J connectivity index is 2.47. The SMILES string of the molecule is Cc1c(C2=C(OC(=O)C(C)(C)C)c3ncccc3C(C)(C)S2(=O)=O)cccc1N(C)S(C)(=O)=O. The lowest BCUT2D eigenvalue weighted by Crippen LogP contribution is -2.36. The van der Waals surface area contributed by atoms with Crippen molar-refractivity contribution in [1.29, 1.82) is 0 Å². The van der Waals surface area contributed by atoms with Crippen LogP contribution in [0.2, 0.25) is 0 Å². The molecule has 8 nitrogen and oxygen atoms in total. The predicted octanol–water partition coefficient (Wildman–Crippen LogP) is 3.86. The fourth-order valence-corrected chi connectivity index (χ4v) is 6.11. The standard InChI is InChI=1S/C24H30N2O6S2/c1-15-16(11-9-13-18(15)26(7)33(8,28)29)21-20(32-22(27)23(2,3)4)19-17(12-10-14-25-19)24(5,6)34(21,30)31/h9-14H,1-8H3. The van der Waals surface area contributed by atoms with E-state index >= 15 is 0 Å². The van der Waals surface area contributed by atoms with E-state index in [1.54, 1.807) is 71.9 Å². The number of fused-ring (bicyclic) bond motifs is 1. The number of sulfone groups is 1. The van der Waals surface area contributed by atoms with Crippen LogP contribution >= 0.6 is 0 Å². The summed E-state index contributed by atoms with van der Waals surface area (Å²) in [6.45, 7) is 9.80. The third kappa shape index (κ3) is 4.13. The molecule has 0 bridgehead atoms. The highest BCUT2D eigenvalue weighted by atomic mass is 32.2. The summed E-state index contributed by atoms with van der Waals surface area (Å²) in [7, 11) is -6.33. The lowest BCUT2D eigenvalue weighted by molar-refractivity contribution is -0.145. The largest absolute Gasteiger partial charge is 0.422 e. The molecule has 184 valence electrons. The van der Waals surface area contributed by atoms with Crippen LogP contribution in [0, 0.1) is 12.3 Å². The fraction of sp³-hybridized carbons (Fsp3) is 0.417. The zero-order valence-electron chi connectivity index (χ0n) is 20.6. The van der Waals surface area contributed by atoms with Gasteiger partial charge in [0, 0.05) is 24.4 Å². The summed E-state index contributed by atoms with van der Waals surface area (Å²) in [4.78, 5) is 17.1. The maximum Gasteiger partial charge on any atom is 0.316 e. The molecule has 2 aromatic rings. The summed E-state index contributed by atoms with van der Waals surface area (Å²) in [5, 5.41) is 0. The molecule has 3 rings (SSSR count). The maximum atomic E-state index is 14.1. The number of pyridine rings is 1. The van der Waals surface area contributed by atoms with Gasteiger partial charge in [0.15, 0.2) is 15.6 Å². The van der Waals surface area contributed by atoms with Crippen LogP contribution in [0.5, 0.6) is 0 Å². The van der Waals surface area contributed by atoms with Crippen molar-refractivity contribution < 1.29 is 26.4 Å². The smallest absolute Gasteiger partial charge is 0.316 e. The lowest BCUT2D eigenvalue weighted by Gasteiger charge is -2.35. The number of carbonyl (C=O) groups is 1. The summed E-state index contributed by atoms with van der Waals surface area (Å²) in [5.41, 5.74) is 0.738. The van der Waals surface area contributed by atoms with Gasteiger partial charge in [-0.1, -0.05) is 18.2 Å². The van der Waals surface area contributed by atoms with E-state index in [0.717, 1.165) is 10.6 Å². The third-order valence-electron chi connectivity index (χ3n) is 6.01. The Morgan fingerprint density at radius 1 is 1.12 bits per heavy atom. The van der Waals surface area contributed by atoms with Crippen LogP contribution < -0.4 is 4.31 Å². The Morgan fingerprint density at radius 3 is 2.29 bits per heavy atom. The molecule has 2 heterocycles. The van der Waals surface area contributed by atoms with E-state index in [4.69, 9.17) is 4.74 Å². The van der Waals surface area contributed by atoms with Gasteiger partial charge < -0.3 is 4.74 Å². The number of carbonyl (C=O) groups excluding carboxylic acids is 1. The summed E-state index contributed by atoms with van der Waals surface area (Å²) in [6.07, 6.45) is 2.58.